The van der Waals surface area contributed by atoms with Crippen molar-refractivity contribution in [3.63, 3.8) is 0 Å². The van der Waals surface area contributed by atoms with Gasteiger partial charge in [-0.25, -0.2) is 9.97 Å². The van der Waals surface area contributed by atoms with Gasteiger partial charge in [0.05, 0.1) is 22.2 Å². The normalized spacial score (nSPS) is 11.5. The molecule has 3 nitrogen and oxygen atoms in total. The van der Waals surface area contributed by atoms with Crippen molar-refractivity contribution in [2.24, 2.45) is 0 Å². The fourth-order valence-corrected chi connectivity index (χ4v) is 4.74. The maximum Gasteiger partial charge on any atom is 0.191 e. The molecule has 142 valence electrons. The SMILES string of the molecule is Ic1nc(-c2ccc3c4ccccc4n(-c4ccccc4)c3c2)c2ccccc2n1. The van der Waals surface area contributed by atoms with Gasteiger partial charge in [-0.05, 0) is 30.3 Å². The smallest absolute Gasteiger partial charge is 0.191 e. The Morgan fingerprint density at radius 2 is 1.30 bits per heavy atom. The molecule has 0 aliphatic carbocycles. The summed E-state index contributed by atoms with van der Waals surface area (Å²) in [5.74, 6) is 0. The summed E-state index contributed by atoms with van der Waals surface area (Å²) in [5, 5.41) is 3.57. The van der Waals surface area contributed by atoms with Gasteiger partial charge < -0.3 is 4.57 Å². The second kappa shape index (κ2) is 6.92. The molecule has 6 rings (SSSR count). The maximum atomic E-state index is 4.80. The van der Waals surface area contributed by atoms with Crippen LogP contribution in [0.15, 0.2) is 97.1 Å². The van der Waals surface area contributed by atoms with Gasteiger partial charge in [-0.15, -0.1) is 0 Å². The molecule has 0 aliphatic rings. The van der Waals surface area contributed by atoms with Crippen LogP contribution in [0.4, 0.5) is 0 Å². The molecule has 2 aromatic heterocycles. The second-order valence-corrected chi connectivity index (χ2v) is 8.24. The van der Waals surface area contributed by atoms with Crippen LogP contribution in [-0.2, 0) is 0 Å². The summed E-state index contributed by atoms with van der Waals surface area (Å²) in [6.45, 7) is 0. The standard InChI is InChI=1S/C26H16IN3/c27-26-28-22-12-6-4-11-21(22)25(29-26)17-14-15-20-19-10-5-7-13-23(19)30(24(20)16-17)18-8-2-1-3-9-18/h1-16H. The molecule has 0 radical (unpaired) electrons. The Balaban J connectivity index is 1.71. The van der Waals surface area contributed by atoms with Gasteiger partial charge in [0.1, 0.15) is 0 Å². The average Bonchev–Trinajstić information content (AvgIpc) is 3.12. The van der Waals surface area contributed by atoms with Gasteiger partial charge in [-0.1, -0.05) is 66.7 Å². The average molecular weight is 497 g/mol. The van der Waals surface area contributed by atoms with Crippen LogP contribution in [0.2, 0.25) is 0 Å². The zero-order valence-electron chi connectivity index (χ0n) is 16.0. The molecule has 4 heteroatoms. The summed E-state index contributed by atoms with van der Waals surface area (Å²) in [5.41, 5.74) is 6.57. The zero-order chi connectivity index (χ0) is 20.1. The predicted molar refractivity (Wildman–Crippen MR) is 132 cm³/mol. The Bertz CT molecular complexity index is 1550. The molecule has 0 fully saturated rings. The first kappa shape index (κ1) is 17.6. The molecule has 0 atom stereocenters. The number of nitrogens with zero attached hydrogens (tertiary/aromatic N) is 3. The Hall–Kier alpha value is -3.25. The molecule has 30 heavy (non-hydrogen) atoms. The van der Waals surface area contributed by atoms with Crippen molar-refractivity contribution in [2.75, 3.05) is 0 Å². The lowest BCUT2D eigenvalue weighted by molar-refractivity contribution is 1.15. The van der Waals surface area contributed by atoms with Gasteiger partial charge in [0.2, 0.25) is 0 Å². The van der Waals surface area contributed by atoms with E-state index in [2.05, 4.69) is 111 Å². The van der Waals surface area contributed by atoms with Crippen molar-refractivity contribution >= 4 is 55.3 Å². The zero-order valence-corrected chi connectivity index (χ0v) is 18.1. The van der Waals surface area contributed by atoms with E-state index in [0.717, 1.165) is 31.7 Å². The van der Waals surface area contributed by atoms with E-state index in [1.54, 1.807) is 0 Å². The Morgan fingerprint density at radius 3 is 2.17 bits per heavy atom. The minimum absolute atomic E-state index is 0.755. The molecular weight excluding hydrogens is 481 g/mol. The molecule has 0 N–H and O–H groups in total. The molecule has 0 spiro atoms. The maximum absolute atomic E-state index is 4.80. The Morgan fingerprint density at radius 1 is 0.600 bits per heavy atom. The highest BCUT2D eigenvalue weighted by atomic mass is 127. The van der Waals surface area contributed by atoms with E-state index in [0.29, 0.717) is 0 Å². The first-order valence-electron chi connectivity index (χ1n) is 9.81. The van der Waals surface area contributed by atoms with Crippen LogP contribution in [0.1, 0.15) is 0 Å². The summed E-state index contributed by atoms with van der Waals surface area (Å²) < 4.78 is 3.09. The summed E-state index contributed by atoms with van der Waals surface area (Å²) in [4.78, 5) is 9.40. The van der Waals surface area contributed by atoms with Gasteiger partial charge in [0, 0.05) is 50.0 Å². The lowest BCUT2D eigenvalue weighted by atomic mass is 10.0. The highest BCUT2D eigenvalue weighted by molar-refractivity contribution is 14.1. The number of para-hydroxylation sites is 3. The van der Waals surface area contributed by atoms with Crippen molar-refractivity contribution in [3.8, 4) is 16.9 Å². The van der Waals surface area contributed by atoms with Crippen LogP contribution < -0.4 is 0 Å². The highest BCUT2D eigenvalue weighted by Crippen LogP contribution is 2.35. The molecule has 0 amide bonds. The monoisotopic (exact) mass is 497 g/mol. The molecule has 0 unspecified atom stereocenters. The number of hydrogen-bond donors (Lipinski definition) is 0. The summed E-state index contributed by atoms with van der Waals surface area (Å²) in [6, 6.07) is 34.0. The fraction of sp³-hybridized carbons (Fsp3) is 0. The van der Waals surface area contributed by atoms with Crippen LogP contribution in [0.25, 0.3) is 49.7 Å². The predicted octanol–water partition coefficient (Wildman–Crippen LogP) is 7.00. The van der Waals surface area contributed by atoms with Crippen molar-refractivity contribution in [2.45, 2.75) is 0 Å². The van der Waals surface area contributed by atoms with Gasteiger partial charge >= 0.3 is 0 Å². The van der Waals surface area contributed by atoms with Crippen LogP contribution in [-0.4, -0.2) is 14.5 Å². The number of aromatic nitrogens is 3. The number of rotatable bonds is 2. The van der Waals surface area contributed by atoms with E-state index in [-0.39, 0.29) is 0 Å². The van der Waals surface area contributed by atoms with E-state index >= 15 is 0 Å². The molecule has 0 saturated carbocycles. The van der Waals surface area contributed by atoms with Crippen molar-refractivity contribution in [1.29, 1.82) is 0 Å². The van der Waals surface area contributed by atoms with E-state index in [4.69, 9.17) is 4.98 Å². The first-order valence-corrected chi connectivity index (χ1v) is 10.9. The Labute approximate surface area is 187 Å². The van der Waals surface area contributed by atoms with Crippen molar-refractivity contribution < 1.29 is 0 Å². The van der Waals surface area contributed by atoms with E-state index in [1.165, 1.54) is 21.8 Å². The van der Waals surface area contributed by atoms with Gasteiger partial charge in [0.15, 0.2) is 3.83 Å². The first-order chi connectivity index (χ1) is 14.8. The molecule has 0 aliphatic heterocycles. The third-order valence-corrected chi connectivity index (χ3v) is 6.02. The minimum Gasteiger partial charge on any atom is -0.309 e. The molecule has 4 aromatic carbocycles. The van der Waals surface area contributed by atoms with Crippen LogP contribution >= 0.6 is 22.6 Å². The molecule has 0 bridgehead atoms. The summed E-state index contributed by atoms with van der Waals surface area (Å²) in [6.07, 6.45) is 0. The third kappa shape index (κ3) is 2.71. The van der Waals surface area contributed by atoms with E-state index in [1.807, 2.05) is 18.2 Å². The largest absolute Gasteiger partial charge is 0.309 e. The highest BCUT2D eigenvalue weighted by Gasteiger charge is 2.15. The molecule has 0 saturated heterocycles. The van der Waals surface area contributed by atoms with Crippen molar-refractivity contribution in [1.82, 2.24) is 14.5 Å². The van der Waals surface area contributed by atoms with E-state index in [9.17, 15) is 0 Å². The minimum atomic E-state index is 0.755. The number of benzene rings is 4. The topological polar surface area (TPSA) is 30.7 Å². The Kier molecular flexibility index (Phi) is 4.06. The third-order valence-electron chi connectivity index (χ3n) is 5.54. The van der Waals surface area contributed by atoms with Crippen molar-refractivity contribution in [3.05, 3.63) is 101 Å². The van der Waals surface area contributed by atoms with Crippen LogP contribution in [0, 0.1) is 3.83 Å². The number of hydrogen-bond acceptors (Lipinski definition) is 2. The second-order valence-electron chi connectivity index (χ2n) is 7.28. The molecule has 6 aromatic rings. The lowest BCUT2D eigenvalue weighted by Crippen LogP contribution is -1.95. The van der Waals surface area contributed by atoms with Gasteiger partial charge in [-0.3, -0.25) is 0 Å². The van der Waals surface area contributed by atoms with Gasteiger partial charge in [-0.2, -0.15) is 0 Å². The van der Waals surface area contributed by atoms with E-state index < -0.39 is 0 Å². The quantitative estimate of drug-likeness (QED) is 0.191. The fourth-order valence-electron chi connectivity index (χ4n) is 4.24. The number of halogens is 1. The molecule has 2 heterocycles. The summed E-state index contributed by atoms with van der Waals surface area (Å²) in [7, 11) is 0. The van der Waals surface area contributed by atoms with Gasteiger partial charge in [0.25, 0.3) is 0 Å². The lowest BCUT2D eigenvalue weighted by Gasteiger charge is -2.10. The summed E-state index contributed by atoms with van der Waals surface area (Å²) >= 11 is 2.20. The molecular formula is C26H16IN3. The van der Waals surface area contributed by atoms with Crippen LogP contribution in [0.3, 0.4) is 0 Å². The van der Waals surface area contributed by atoms with Crippen LogP contribution in [0.5, 0.6) is 0 Å². The number of fused-ring (bicyclic) bond motifs is 4.